The largest absolute Gasteiger partial charge is 0.462 e. The number of fused-ring (bicyclic) bond motifs is 3. The van der Waals surface area contributed by atoms with Gasteiger partial charge in [-0.1, -0.05) is 54.6 Å². The van der Waals surface area contributed by atoms with E-state index in [1.54, 1.807) is 11.8 Å². The minimum absolute atomic E-state index is 0.270. The second-order valence-electron chi connectivity index (χ2n) is 9.51. The minimum Gasteiger partial charge on any atom is -0.462 e. The van der Waals surface area contributed by atoms with Gasteiger partial charge in [-0.15, -0.1) is 23.1 Å². The van der Waals surface area contributed by atoms with E-state index in [2.05, 4.69) is 115 Å². The summed E-state index contributed by atoms with van der Waals surface area (Å²) in [6, 6.07) is 41.3. The van der Waals surface area contributed by atoms with Crippen LogP contribution in [0.25, 0.3) is 21.0 Å². The fourth-order valence-electron chi connectivity index (χ4n) is 5.40. The van der Waals surface area contributed by atoms with E-state index in [9.17, 15) is 4.79 Å². The van der Waals surface area contributed by atoms with E-state index in [0.29, 0.717) is 11.5 Å². The number of pyridine rings is 1. The average molecular weight is 579 g/mol. The molecule has 0 radical (unpaired) electrons. The topological polar surface area (TPSA) is 39.2 Å². The zero-order valence-corrected chi connectivity index (χ0v) is 24.9. The van der Waals surface area contributed by atoms with E-state index in [-0.39, 0.29) is 5.97 Å². The third-order valence-electron chi connectivity index (χ3n) is 7.20. The predicted octanol–water partition coefficient (Wildman–Crippen LogP) is 7.84. The molecule has 0 aliphatic rings. The van der Waals surface area contributed by atoms with Gasteiger partial charge in [0.25, 0.3) is 0 Å². The molecule has 0 spiro atoms. The molecule has 3 nitrogen and oxygen atoms in total. The van der Waals surface area contributed by atoms with Gasteiger partial charge in [0.05, 0.1) is 12.1 Å². The molecule has 0 aliphatic heterocycles. The lowest BCUT2D eigenvalue weighted by atomic mass is 10.1. The Labute approximate surface area is 243 Å². The highest BCUT2D eigenvalue weighted by molar-refractivity contribution is 7.98. The van der Waals surface area contributed by atoms with Gasteiger partial charge in [0.2, 0.25) is 0 Å². The molecule has 0 N–H and O–H groups in total. The van der Waals surface area contributed by atoms with E-state index in [4.69, 9.17) is 9.72 Å². The highest BCUT2D eigenvalue weighted by Gasteiger charge is 2.46. The van der Waals surface area contributed by atoms with Crippen molar-refractivity contribution in [2.45, 2.75) is 18.1 Å². The zero-order valence-electron chi connectivity index (χ0n) is 22.4. The van der Waals surface area contributed by atoms with Crippen LogP contribution >= 0.6 is 30.4 Å². The second kappa shape index (κ2) is 11.5. The van der Waals surface area contributed by atoms with Crippen molar-refractivity contribution >= 4 is 73.2 Å². The second-order valence-corrected chi connectivity index (χ2v) is 14.9. The summed E-state index contributed by atoms with van der Waals surface area (Å²) in [5, 5.41) is 7.20. The van der Waals surface area contributed by atoms with Crippen LogP contribution in [0.1, 0.15) is 22.2 Å². The quantitative estimate of drug-likeness (QED) is 0.105. The standard InChI is InChI=1S/C34H29NO2PS2/c1-3-37-34(36)32-22-29-28-21-24(33(39-2)35-30(28)19-20-31(29)40-32)23-38(25-13-7-4-8-14-25,26-15-9-5-10-16-26)27-17-11-6-12-18-27/h4-22H,3,23H2,1-2H3/q+1. The van der Waals surface area contributed by atoms with Gasteiger partial charge in [0.15, 0.2) is 0 Å². The molecule has 6 aromatic rings. The summed E-state index contributed by atoms with van der Waals surface area (Å²) in [6.45, 7) is 2.20. The number of hydrogen-bond donors (Lipinski definition) is 0. The SMILES string of the molecule is CCOC(=O)c1cc2c(ccc3nc(SC)c(C[P+](c4ccccc4)(c4ccccc4)c4ccccc4)cc32)s1. The highest BCUT2D eigenvalue weighted by Crippen LogP contribution is 2.59. The molecule has 0 saturated carbocycles. The summed E-state index contributed by atoms with van der Waals surface area (Å²) in [7, 11) is -2.10. The number of carbonyl (C=O) groups is 1. The summed E-state index contributed by atoms with van der Waals surface area (Å²) < 4.78 is 6.36. The molecule has 2 heterocycles. The summed E-state index contributed by atoms with van der Waals surface area (Å²) in [5.74, 6) is -0.270. The number of nitrogens with zero attached hydrogens (tertiary/aromatic N) is 1. The fourth-order valence-corrected chi connectivity index (χ4v) is 11.3. The summed E-state index contributed by atoms with van der Waals surface area (Å²) in [6.07, 6.45) is 2.95. The van der Waals surface area contributed by atoms with Crippen LogP contribution in [0.15, 0.2) is 120 Å². The van der Waals surface area contributed by atoms with Crippen LogP contribution in [0.2, 0.25) is 0 Å². The first-order valence-electron chi connectivity index (χ1n) is 13.3. The fraction of sp³-hybridized carbons (Fsp3) is 0.118. The summed E-state index contributed by atoms with van der Waals surface area (Å²) in [4.78, 5) is 18.3. The van der Waals surface area contributed by atoms with Crippen LogP contribution in [-0.4, -0.2) is 23.8 Å². The van der Waals surface area contributed by atoms with Crippen molar-refractivity contribution in [2.24, 2.45) is 0 Å². The van der Waals surface area contributed by atoms with E-state index in [0.717, 1.165) is 32.2 Å². The maximum atomic E-state index is 12.5. The molecule has 6 heteroatoms. The molecule has 40 heavy (non-hydrogen) atoms. The van der Waals surface area contributed by atoms with Crippen molar-refractivity contribution in [3.8, 4) is 0 Å². The molecule has 2 aromatic heterocycles. The smallest absolute Gasteiger partial charge is 0.348 e. The van der Waals surface area contributed by atoms with Crippen LogP contribution in [0.3, 0.4) is 0 Å². The Hall–Kier alpha value is -3.50. The van der Waals surface area contributed by atoms with E-state index in [1.807, 2.05) is 13.0 Å². The van der Waals surface area contributed by atoms with Gasteiger partial charge in [0.1, 0.15) is 39.2 Å². The molecule has 0 bridgehead atoms. The molecule has 0 aliphatic carbocycles. The van der Waals surface area contributed by atoms with Gasteiger partial charge in [-0.3, -0.25) is 0 Å². The molecule has 0 amide bonds. The van der Waals surface area contributed by atoms with Crippen LogP contribution in [0.4, 0.5) is 0 Å². The molecule has 6 rings (SSSR count). The van der Waals surface area contributed by atoms with Crippen molar-refractivity contribution in [2.75, 3.05) is 12.9 Å². The van der Waals surface area contributed by atoms with Gasteiger partial charge in [-0.2, -0.15) is 0 Å². The Balaban J connectivity index is 1.61. The van der Waals surface area contributed by atoms with Crippen LogP contribution in [0, 0.1) is 0 Å². The highest BCUT2D eigenvalue weighted by atomic mass is 32.2. The Morgan fingerprint density at radius 1 is 0.800 bits per heavy atom. The maximum Gasteiger partial charge on any atom is 0.348 e. The molecule has 198 valence electrons. The molecular weight excluding hydrogens is 549 g/mol. The van der Waals surface area contributed by atoms with Gasteiger partial charge in [-0.25, -0.2) is 9.78 Å². The summed E-state index contributed by atoms with van der Waals surface area (Å²) in [5.41, 5.74) is 2.16. The molecular formula is C34H29NO2PS2+. The van der Waals surface area contributed by atoms with Crippen molar-refractivity contribution in [1.82, 2.24) is 4.98 Å². The van der Waals surface area contributed by atoms with Crippen LogP contribution in [0.5, 0.6) is 0 Å². The first kappa shape index (κ1) is 26.7. The van der Waals surface area contributed by atoms with Crippen molar-refractivity contribution in [1.29, 1.82) is 0 Å². The average Bonchev–Trinajstić information content (AvgIpc) is 3.46. The number of hydrogen-bond acceptors (Lipinski definition) is 5. The number of carbonyl (C=O) groups excluding carboxylic acids is 1. The zero-order chi connectivity index (χ0) is 27.5. The maximum absolute atomic E-state index is 12.5. The number of ether oxygens (including phenoxy) is 1. The number of rotatable bonds is 8. The first-order valence-corrected chi connectivity index (χ1v) is 17.3. The monoisotopic (exact) mass is 578 g/mol. The van der Waals surface area contributed by atoms with Crippen LogP contribution < -0.4 is 15.9 Å². The molecule has 0 atom stereocenters. The molecule has 4 aromatic carbocycles. The predicted molar refractivity (Wildman–Crippen MR) is 174 cm³/mol. The molecule has 0 fully saturated rings. The van der Waals surface area contributed by atoms with E-state index >= 15 is 0 Å². The lowest BCUT2D eigenvalue weighted by Crippen LogP contribution is -2.32. The van der Waals surface area contributed by atoms with E-state index in [1.165, 1.54) is 32.8 Å². The first-order chi connectivity index (χ1) is 19.6. The number of thiophene rings is 1. The van der Waals surface area contributed by atoms with Crippen molar-refractivity contribution in [3.05, 3.63) is 126 Å². The van der Waals surface area contributed by atoms with E-state index < -0.39 is 7.26 Å². The number of esters is 1. The van der Waals surface area contributed by atoms with Gasteiger partial charge in [-0.05, 0) is 73.8 Å². The molecule has 0 unspecified atom stereocenters. The third-order valence-corrected chi connectivity index (χ3v) is 13.4. The molecule has 0 saturated heterocycles. The lowest BCUT2D eigenvalue weighted by molar-refractivity contribution is 0.0532. The minimum atomic E-state index is -2.10. The van der Waals surface area contributed by atoms with Crippen molar-refractivity contribution in [3.63, 3.8) is 0 Å². The number of benzene rings is 4. The van der Waals surface area contributed by atoms with Gasteiger partial charge >= 0.3 is 5.97 Å². The summed E-state index contributed by atoms with van der Waals surface area (Å²) >= 11 is 3.17. The van der Waals surface area contributed by atoms with Gasteiger partial charge in [0, 0.05) is 21.0 Å². The normalized spacial score (nSPS) is 11.7. The lowest BCUT2D eigenvalue weighted by Gasteiger charge is -2.28. The van der Waals surface area contributed by atoms with Crippen molar-refractivity contribution < 1.29 is 9.53 Å². The number of aromatic nitrogens is 1. The Morgan fingerprint density at radius 2 is 1.38 bits per heavy atom. The van der Waals surface area contributed by atoms with Gasteiger partial charge < -0.3 is 4.74 Å². The third kappa shape index (κ3) is 4.83. The Bertz CT molecular complexity index is 1690. The van der Waals surface area contributed by atoms with Crippen LogP contribution in [-0.2, 0) is 10.9 Å². The Morgan fingerprint density at radius 3 is 1.90 bits per heavy atom. The number of thioether (sulfide) groups is 1. The Kier molecular flexibility index (Phi) is 7.71.